The Kier molecular flexibility index (Phi) is 8.62. The Balaban J connectivity index is 2.53. The zero-order valence-electron chi connectivity index (χ0n) is 17.4. The number of anilines is 1. The van der Waals surface area contributed by atoms with E-state index in [1.54, 1.807) is 0 Å². The Morgan fingerprint density at radius 3 is 2.19 bits per heavy atom. The van der Waals surface area contributed by atoms with Gasteiger partial charge >= 0.3 is 0 Å². The Morgan fingerprint density at radius 2 is 1.62 bits per heavy atom. The zero-order valence-corrected chi connectivity index (χ0v) is 19.0. The van der Waals surface area contributed by atoms with Crippen LogP contribution in [0.5, 0.6) is 17.2 Å². The Bertz CT molecular complexity index is 1110. The van der Waals surface area contributed by atoms with E-state index >= 15 is 0 Å². The van der Waals surface area contributed by atoms with Crippen LogP contribution in [-0.4, -0.2) is 41.4 Å². The second kappa shape index (κ2) is 10.8. The number of alkyl halides is 1. The van der Waals surface area contributed by atoms with E-state index in [4.69, 9.17) is 21.1 Å². The highest BCUT2D eigenvalue weighted by atomic mass is 35.5. The third-order valence-electron chi connectivity index (χ3n) is 4.43. The van der Waals surface area contributed by atoms with Crippen LogP contribution in [-0.2, 0) is 10.0 Å². The van der Waals surface area contributed by atoms with Gasteiger partial charge in [-0.05, 0) is 18.9 Å². The minimum absolute atomic E-state index is 0.0353. The third kappa shape index (κ3) is 5.39. The molecule has 32 heavy (non-hydrogen) atoms. The van der Waals surface area contributed by atoms with Gasteiger partial charge in [-0.15, -0.1) is 11.6 Å². The van der Waals surface area contributed by atoms with Gasteiger partial charge in [0.2, 0.25) is 5.82 Å². The summed E-state index contributed by atoms with van der Waals surface area (Å²) in [4.78, 5) is 11.3. The molecule has 7 nitrogen and oxygen atoms in total. The van der Waals surface area contributed by atoms with E-state index in [-0.39, 0.29) is 41.0 Å². The summed E-state index contributed by atoms with van der Waals surface area (Å²) in [6.07, 6.45) is 1.21. The van der Waals surface area contributed by atoms with Gasteiger partial charge in [0, 0.05) is 24.4 Å². The van der Waals surface area contributed by atoms with Crippen LogP contribution >= 0.6 is 11.6 Å². The molecule has 0 unspecified atom stereocenters. The number of sulfonamides is 1. The summed E-state index contributed by atoms with van der Waals surface area (Å²) in [5, 5.41) is 0. The van der Waals surface area contributed by atoms with Crippen molar-refractivity contribution in [3.05, 3.63) is 41.2 Å². The second-order valence-electron chi connectivity index (χ2n) is 6.45. The summed E-state index contributed by atoms with van der Waals surface area (Å²) >= 11 is 5.62. The number of hydrogen-bond donors (Lipinski definition) is 1. The van der Waals surface area contributed by atoms with E-state index in [0.717, 1.165) is 13.2 Å². The van der Waals surface area contributed by atoms with Crippen LogP contribution in [0.25, 0.3) is 0 Å². The topological polar surface area (TPSA) is 90.9 Å². The first-order valence-electron chi connectivity index (χ1n) is 9.20. The first-order valence-corrected chi connectivity index (χ1v) is 11.2. The number of carbonyl (C=O) groups is 1. The summed E-state index contributed by atoms with van der Waals surface area (Å²) < 4.78 is 84.6. The molecule has 0 aliphatic carbocycles. The number of methoxy groups -OCH3 is 3. The summed E-state index contributed by atoms with van der Waals surface area (Å²) in [5.41, 5.74) is -0.224. The average Bonchev–Trinajstić information content (AvgIpc) is 2.76. The highest BCUT2D eigenvalue weighted by Gasteiger charge is 2.29. The number of unbranched alkanes of at least 4 members (excludes halogenated alkanes) is 1. The van der Waals surface area contributed by atoms with Crippen LogP contribution in [0, 0.1) is 17.5 Å². The van der Waals surface area contributed by atoms with Crippen molar-refractivity contribution in [3.8, 4) is 17.2 Å². The molecule has 0 aliphatic rings. The predicted molar refractivity (Wildman–Crippen MR) is 112 cm³/mol. The van der Waals surface area contributed by atoms with Crippen molar-refractivity contribution in [2.24, 2.45) is 0 Å². The lowest BCUT2D eigenvalue weighted by molar-refractivity contribution is 0.0977. The fourth-order valence-electron chi connectivity index (χ4n) is 2.85. The SMILES string of the molecule is COc1cc(OC)c(C(=O)CCCCCl)cc1NS(=O)(=O)c1cc(F)c(OC)c(F)c1F. The molecule has 0 spiro atoms. The number of ether oxygens (including phenoxy) is 3. The van der Waals surface area contributed by atoms with Crippen molar-refractivity contribution >= 4 is 33.1 Å². The summed E-state index contributed by atoms with van der Waals surface area (Å²) in [5.74, 6) is -6.05. The molecular formula is C20H21ClF3NO6S. The van der Waals surface area contributed by atoms with E-state index < -0.39 is 38.1 Å². The van der Waals surface area contributed by atoms with Crippen LogP contribution in [0.2, 0.25) is 0 Å². The third-order valence-corrected chi connectivity index (χ3v) is 6.06. The van der Waals surface area contributed by atoms with Gasteiger partial charge in [-0.2, -0.15) is 4.39 Å². The first-order chi connectivity index (χ1) is 15.1. The van der Waals surface area contributed by atoms with Crippen LogP contribution in [0.15, 0.2) is 23.1 Å². The predicted octanol–water partition coefficient (Wildman–Crippen LogP) is 4.52. The number of rotatable bonds is 11. The molecular weight excluding hydrogens is 475 g/mol. The highest BCUT2D eigenvalue weighted by molar-refractivity contribution is 7.92. The van der Waals surface area contributed by atoms with Crippen molar-refractivity contribution in [3.63, 3.8) is 0 Å². The number of halogens is 4. The minimum Gasteiger partial charge on any atom is -0.496 e. The lowest BCUT2D eigenvalue weighted by Gasteiger charge is -2.16. The molecule has 0 saturated heterocycles. The van der Waals surface area contributed by atoms with E-state index in [1.807, 2.05) is 4.72 Å². The zero-order chi connectivity index (χ0) is 24.1. The lowest BCUT2D eigenvalue weighted by atomic mass is 10.0. The number of benzene rings is 2. The number of Topliss-reactive ketones (excluding diaryl/α,β-unsaturated/α-hetero) is 1. The molecule has 2 rings (SSSR count). The number of ketones is 1. The monoisotopic (exact) mass is 495 g/mol. The van der Waals surface area contributed by atoms with Gasteiger partial charge in [0.05, 0.1) is 32.6 Å². The maximum absolute atomic E-state index is 14.4. The molecule has 2 aromatic carbocycles. The smallest absolute Gasteiger partial charge is 0.265 e. The van der Waals surface area contributed by atoms with Gasteiger partial charge in [0.15, 0.2) is 23.2 Å². The largest absolute Gasteiger partial charge is 0.496 e. The van der Waals surface area contributed by atoms with E-state index in [1.165, 1.54) is 20.3 Å². The molecule has 0 amide bonds. The van der Waals surface area contributed by atoms with E-state index in [2.05, 4.69) is 4.74 Å². The van der Waals surface area contributed by atoms with Gasteiger partial charge < -0.3 is 14.2 Å². The fraction of sp³-hybridized carbons (Fsp3) is 0.350. The Morgan fingerprint density at radius 1 is 0.969 bits per heavy atom. The molecule has 1 N–H and O–H groups in total. The van der Waals surface area contributed by atoms with Crippen molar-refractivity contribution in [2.45, 2.75) is 24.2 Å². The number of hydrogen-bond acceptors (Lipinski definition) is 6. The highest BCUT2D eigenvalue weighted by Crippen LogP contribution is 2.36. The second-order valence-corrected chi connectivity index (χ2v) is 8.47. The molecule has 0 atom stereocenters. The van der Waals surface area contributed by atoms with Gasteiger partial charge in [0.1, 0.15) is 16.4 Å². The molecule has 12 heteroatoms. The number of carbonyl (C=O) groups excluding carboxylic acids is 1. The van der Waals surface area contributed by atoms with Crippen LogP contribution in [0.1, 0.15) is 29.6 Å². The quantitative estimate of drug-likeness (QED) is 0.213. The Labute approximate surface area is 188 Å². The molecule has 0 aliphatic heterocycles. The molecule has 0 heterocycles. The molecule has 0 fully saturated rings. The van der Waals surface area contributed by atoms with E-state index in [9.17, 15) is 26.4 Å². The van der Waals surface area contributed by atoms with Gasteiger partial charge in [-0.25, -0.2) is 17.2 Å². The fourth-order valence-corrected chi connectivity index (χ4v) is 4.18. The molecule has 2 aromatic rings. The first kappa shape index (κ1) is 25.6. The van der Waals surface area contributed by atoms with Gasteiger partial charge in [-0.3, -0.25) is 9.52 Å². The maximum Gasteiger partial charge on any atom is 0.265 e. The molecule has 0 aromatic heterocycles. The standard InChI is InChI=1S/C20H21ClF3NO6S/c1-29-15-10-16(30-2)13(8-11(15)14(26)6-4-5-7-21)25-32(27,28)17-9-12(22)20(31-3)19(24)18(17)23/h8-10,25H,4-7H2,1-3H3. The molecule has 0 bridgehead atoms. The summed E-state index contributed by atoms with van der Waals surface area (Å²) in [7, 11) is -1.40. The van der Waals surface area contributed by atoms with Crippen molar-refractivity contribution < 1.29 is 40.6 Å². The normalized spacial score (nSPS) is 11.2. The van der Waals surface area contributed by atoms with E-state index in [0.29, 0.717) is 18.7 Å². The van der Waals surface area contributed by atoms with Crippen LogP contribution in [0.4, 0.5) is 18.9 Å². The van der Waals surface area contributed by atoms with Crippen molar-refractivity contribution in [2.75, 3.05) is 31.9 Å². The maximum atomic E-state index is 14.4. The molecule has 0 radical (unpaired) electrons. The summed E-state index contributed by atoms with van der Waals surface area (Å²) in [6, 6.07) is 2.69. The molecule has 176 valence electrons. The number of nitrogens with one attached hydrogen (secondary N) is 1. The van der Waals surface area contributed by atoms with Crippen LogP contribution in [0.3, 0.4) is 0 Å². The summed E-state index contributed by atoms with van der Waals surface area (Å²) in [6.45, 7) is 0. The Hall–Kier alpha value is -2.66. The van der Waals surface area contributed by atoms with Crippen molar-refractivity contribution in [1.82, 2.24) is 0 Å². The molecule has 0 saturated carbocycles. The van der Waals surface area contributed by atoms with Crippen LogP contribution < -0.4 is 18.9 Å². The van der Waals surface area contributed by atoms with Gasteiger partial charge in [-0.1, -0.05) is 0 Å². The average molecular weight is 496 g/mol. The van der Waals surface area contributed by atoms with Gasteiger partial charge in [0.25, 0.3) is 10.0 Å². The minimum atomic E-state index is -4.84. The van der Waals surface area contributed by atoms with Crippen molar-refractivity contribution in [1.29, 1.82) is 0 Å². The lowest BCUT2D eigenvalue weighted by Crippen LogP contribution is -2.17.